The van der Waals surface area contributed by atoms with Crippen LogP contribution in [0, 0.1) is 17.1 Å². The van der Waals surface area contributed by atoms with Crippen LogP contribution in [0.4, 0.5) is 4.39 Å². The number of hydrogen-bond acceptors (Lipinski definition) is 4. The number of halogens is 1. The van der Waals surface area contributed by atoms with Gasteiger partial charge in [-0.2, -0.15) is 5.26 Å². The third-order valence-corrected chi connectivity index (χ3v) is 3.31. The Kier molecular flexibility index (Phi) is 4.29. The van der Waals surface area contributed by atoms with E-state index >= 15 is 0 Å². The second-order valence-corrected chi connectivity index (χ2v) is 4.87. The van der Waals surface area contributed by atoms with Gasteiger partial charge in [0.05, 0.1) is 11.5 Å². The number of aromatic amines is 1. The molecular formula is C17H13FN4O. The number of fused-ring (bicyclic) bond motifs is 1. The van der Waals surface area contributed by atoms with Gasteiger partial charge in [0.25, 0.3) is 0 Å². The third kappa shape index (κ3) is 3.35. The van der Waals surface area contributed by atoms with E-state index in [4.69, 9.17) is 10.00 Å². The predicted octanol–water partition coefficient (Wildman–Crippen LogP) is 3.30. The first-order valence-electron chi connectivity index (χ1n) is 7.01. The van der Waals surface area contributed by atoms with Crippen LogP contribution in [-0.4, -0.2) is 15.0 Å². The van der Waals surface area contributed by atoms with E-state index in [-0.39, 0.29) is 12.4 Å². The molecule has 3 rings (SSSR count). The molecule has 0 spiro atoms. The maximum atomic E-state index is 13.2. The number of H-pyrrole nitrogens is 1. The van der Waals surface area contributed by atoms with Gasteiger partial charge in [0.15, 0.2) is 0 Å². The molecule has 0 aliphatic carbocycles. The van der Waals surface area contributed by atoms with Crippen molar-refractivity contribution >= 4 is 11.0 Å². The SMILES string of the molecule is N#CC=CCc1c[nH]c2ncnc(OCc3cccc(F)c3)c12. The normalized spacial score (nSPS) is 11.0. The number of allylic oxidation sites excluding steroid dienone is 2. The van der Waals surface area contributed by atoms with Gasteiger partial charge in [0, 0.05) is 12.3 Å². The average Bonchev–Trinajstić information content (AvgIpc) is 2.97. The molecule has 1 N–H and O–H groups in total. The smallest absolute Gasteiger partial charge is 0.226 e. The molecule has 2 heterocycles. The van der Waals surface area contributed by atoms with Crippen LogP contribution in [0.15, 0.2) is 48.9 Å². The highest BCUT2D eigenvalue weighted by molar-refractivity contribution is 5.84. The zero-order valence-electron chi connectivity index (χ0n) is 12.2. The number of rotatable bonds is 5. The summed E-state index contributed by atoms with van der Waals surface area (Å²) >= 11 is 0. The fraction of sp³-hybridized carbons (Fsp3) is 0.118. The summed E-state index contributed by atoms with van der Waals surface area (Å²) in [5.74, 6) is 0.128. The van der Waals surface area contributed by atoms with E-state index in [1.807, 2.05) is 12.3 Å². The van der Waals surface area contributed by atoms with Crippen LogP contribution < -0.4 is 4.74 Å². The maximum absolute atomic E-state index is 13.2. The summed E-state index contributed by atoms with van der Waals surface area (Å²) in [6.07, 6.45) is 6.98. The van der Waals surface area contributed by atoms with Crippen molar-refractivity contribution in [1.29, 1.82) is 5.26 Å². The fourth-order valence-electron chi connectivity index (χ4n) is 2.28. The Morgan fingerprint density at radius 3 is 3.09 bits per heavy atom. The van der Waals surface area contributed by atoms with Crippen molar-refractivity contribution in [2.45, 2.75) is 13.0 Å². The van der Waals surface area contributed by atoms with Crippen molar-refractivity contribution in [3.8, 4) is 11.9 Å². The van der Waals surface area contributed by atoms with Crippen molar-refractivity contribution in [3.63, 3.8) is 0 Å². The van der Waals surface area contributed by atoms with Crippen LogP contribution in [0.5, 0.6) is 5.88 Å². The molecule has 0 aliphatic rings. The minimum Gasteiger partial charge on any atom is -0.472 e. The van der Waals surface area contributed by atoms with Gasteiger partial charge in [-0.05, 0) is 29.7 Å². The molecule has 0 atom stereocenters. The van der Waals surface area contributed by atoms with Gasteiger partial charge in [-0.15, -0.1) is 0 Å². The lowest BCUT2D eigenvalue weighted by molar-refractivity contribution is 0.297. The van der Waals surface area contributed by atoms with E-state index in [1.165, 1.54) is 24.5 Å². The van der Waals surface area contributed by atoms with Crippen molar-refractivity contribution in [2.75, 3.05) is 0 Å². The number of aromatic nitrogens is 3. The van der Waals surface area contributed by atoms with Crippen LogP contribution in [0.3, 0.4) is 0 Å². The molecule has 6 heteroatoms. The van der Waals surface area contributed by atoms with Gasteiger partial charge in [0.2, 0.25) is 5.88 Å². The largest absolute Gasteiger partial charge is 0.472 e. The van der Waals surface area contributed by atoms with Crippen LogP contribution >= 0.6 is 0 Å². The first-order valence-corrected chi connectivity index (χ1v) is 7.01. The highest BCUT2D eigenvalue weighted by atomic mass is 19.1. The minimum atomic E-state index is -0.303. The number of ether oxygens (including phenoxy) is 1. The van der Waals surface area contributed by atoms with Gasteiger partial charge in [-0.3, -0.25) is 0 Å². The molecule has 0 bridgehead atoms. The third-order valence-electron chi connectivity index (χ3n) is 3.31. The Labute approximate surface area is 132 Å². The Balaban J connectivity index is 1.86. The average molecular weight is 308 g/mol. The number of nitriles is 1. The molecule has 0 fully saturated rings. The Bertz CT molecular complexity index is 895. The van der Waals surface area contributed by atoms with Crippen LogP contribution in [0.2, 0.25) is 0 Å². The summed E-state index contributed by atoms with van der Waals surface area (Å²) in [6.45, 7) is 0.211. The fourth-order valence-corrected chi connectivity index (χ4v) is 2.28. The molecule has 0 amide bonds. The highest BCUT2D eigenvalue weighted by Gasteiger charge is 2.11. The summed E-state index contributed by atoms with van der Waals surface area (Å²) in [6, 6.07) is 8.19. The molecule has 5 nitrogen and oxygen atoms in total. The summed E-state index contributed by atoms with van der Waals surface area (Å²) < 4.78 is 19.0. The van der Waals surface area contributed by atoms with Crippen LogP contribution in [-0.2, 0) is 13.0 Å². The molecule has 2 aromatic heterocycles. The summed E-state index contributed by atoms with van der Waals surface area (Å²) in [4.78, 5) is 11.4. The molecule has 23 heavy (non-hydrogen) atoms. The van der Waals surface area contributed by atoms with Crippen LogP contribution in [0.1, 0.15) is 11.1 Å². The number of hydrogen-bond donors (Lipinski definition) is 1. The summed E-state index contributed by atoms with van der Waals surface area (Å²) in [7, 11) is 0. The number of nitrogens with zero attached hydrogens (tertiary/aromatic N) is 3. The van der Waals surface area contributed by atoms with Gasteiger partial charge in [0.1, 0.15) is 24.4 Å². The Morgan fingerprint density at radius 2 is 2.26 bits per heavy atom. The summed E-state index contributed by atoms with van der Waals surface area (Å²) in [5, 5.41) is 9.34. The maximum Gasteiger partial charge on any atom is 0.226 e. The van der Waals surface area contributed by atoms with Crippen LogP contribution in [0.25, 0.3) is 11.0 Å². The van der Waals surface area contributed by atoms with Crippen molar-refractivity contribution in [3.05, 3.63) is 65.9 Å². The zero-order valence-corrected chi connectivity index (χ0v) is 12.2. The van der Waals surface area contributed by atoms with E-state index in [1.54, 1.807) is 18.2 Å². The lowest BCUT2D eigenvalue weighted by Gasteiger charge is -2.07. The lowest BCUT2D eigenvalue weighted by Crippen LogP contribution is -1.99. The van der Waals surface area contributed by atoms with Gasteiger partial charge >= 0.3 is 0 Å². The lowest BCUT2D eigenvalue weighted by atomic mass is 10.1. The topological polar surface area (TPSA) is 74.6 Å². The minimum absolute atomic E-state index is 0.211. The second-order valence-electron chi connectivity index (χ2n) is 4.87. The van der Waals surface area contributed by atoms with E-state index < -0.39 is 0 Å². The molecular weight excluding hydrogens is 295 g/mol. The molecule has 0 radical (unpaired) electrons. The highest BCUT2D eigenvalue weighted by Crippen LogP contribution is 2.26. The predicted molar refractivity (Wildman–Crippen MR) is 83.1 cm³/mol. The van der Waals surface area contributed by atoms with Crippen molar-refractivity contribution < 1.29 is 9.13 Å². The molecule has 0 unspecified atom stereocenters. The summed E-state index contributed by atoms with van der Waals surface area (Å²) in [5.41, 5.74) is 2.31. The molecule has 114 valence electrons. The van der Waals surface area contributed by atoms with E-state index in [9.17, 15) is 4.39 Å². The quantitative estimate of drug-likeness (QED) is 0.734. The van der Waals surface area contributed by atoms with Crippen molar-refractivity contribution in [1.82, 2.24) is 15.0 Å². The van der Waals surface area contributed by atoms with E-state index in [0.717, 1.165) is 16.5 Å². The molecule has 0 saturated heterocycles. The molecule has 0 aliphatic heterocycles. The Morgan fingerprint density at radius 1 is 1.35 bits per heavy atom. The number of benzene rings is 1. The Hall–Kier alpha value is -3.20. The van der Waals surface area contributed by atoms with Gasteiger partial charge in [-0.25, -0.2) is 14.4 Å². The molecule has 0 saturated carbocycles. The monoisotopic (exact) mass is 308 g/mol. The zero-order chi connectivity index (χ0) is 16.1. The van der Waals surface area contributed by atoms with Gasteiger partial charge in [-0.1, -0.05) is 18.2 Å². The first kappa shape index (κ1) is 14.7. The molecule has 3 aromatic rings. The van der Waals surface area contributed by atoms with Crippen molar-refractivity contribution in [2.24, 2.45) is 0 Å². The molecule has 1 aromatic carbocycles. The van der Waals surface area contributed by atoms with E-state index in [0.29, 0.717) is 17.9 Å². The second kappa shape index (κ2) is 6.71. The standard InChI is InChI=1S/C17H13FN4O/c18-14-6-3-4-12(8-14)10-23-17-15-13(5-1-2-7-19)9-20-16(15)21-11-22-17/h1-4,6,8-9,11H,5,10H2,(H,20,21,22). The number of nitrogens with one attached hydrogen (secondary N) is 1. The first-order chi connectivity index (χ1) is 11.3. The van der Waals surface area contributed by atoms with Gasteiger partial charge < -0.3 is 9.72 Å². The van der Waals surface area contributed by atoms with E-state index in [2.05, 4.69) is 15.0 Å².